The molecule has 1 rings (SSSR count). The fraction of sp³-hybridized carbons (Fsp3) is 0.750. The summed E-state index contributed by atoms with van der Waals surface area (Å²) in [5, 5.41) is 6.54. The summed E-state index contributed by atoms with van der Waals surface area (Å²) in [5.74, 6) is -1.06. The molecule has 8 nitrogen and oxygen atoms in total. The van der Waals surface area contributed by atoms with Crippen LogP contribution in [0, 0.1) is 0 Å². The van der Waals surface area contributed by atoms with Gasteiger partial charge in [-0.05, 0) is 19.6 Å². The highest BCUT2D eigenvalue weighted by Crippen LogP contribution is 2.13. The fourth-order valence-electron chi connectivity index (χ4n) is 1.71. The number of ether oxygens (including phenoxy) is 1. The van der Waals surface area contributed by atoms with Gasteiger partial charge < -0.3 is 10.1 Å². The van der Waals surface area contributed by atoms with E-state index < -0.39 is 24.2 Å². The van der Waals surface area contributed by atoms with Crippen LogP contribution in [0.2, 0.25) is 0 Å². The smallest absolute Gasteiger partial charge is 0.414 e. The molecule has 8 heteroatoms. The van der Waals surface area contributed by atoms with Crippen molar-refractivity contribution in [1.29, 1.82) is 0 Å². The standard InChI is InChI=1S/C12H21N3O5/c1-3-13-8-7-9(14-4-2)19-12(18)20-15-10(16)5-6-11(15)17/h9,13-14H,3-8H2,1-2H3. The van der Waals surface area contributed by atoms with E-state index in [1.807, 2.05) is 13.8 Å². The third-order valence-electron chi connectivity index (χ3n) is 2.68. The Balaban J connectivity index is 2.40. The molecule has 0 spiro atoms. The van der Waals surface area contributed by atoms with Gasteiger partial charge in [-0.2, -0.15) is 0 Å². The lowest BCUT2D eigenvalue weighted by atomic mass is 10.3. The van der Waals surface area contributed by atoms with Gasteiger partial charge in [-0.15, -0.1) is 0 Å². The number of nitrogens with one attached hydrogen (secondary N) is 2. The highest BCUT2D eigenvalue weighted by atomic mass is 16.8. The van der Waals surface area contributed by atoms with Gasteiger partial charge in [0.15, 0.2) is 6.23 Å². The van der Waals surface area contributed by atoms with E-state index in [9.17, 15) is 14.4 Å². The van der Waals surface area contributed by atoms with Gasteiger partial charge in [-0.3, -0.25) is 19.7 Å². The number of carbonyl (C=O) groups excluding carboxylic acids is 3. The number of hydrogen-bond donors (Lipinski definition) is 2. The van der Waals surface area contributed by atoms with Crippen LogP contribution >= 0.6 is 0 Å². The lowest BCUT2D eigenvalue weighted by molar-refractivity contribution is -0.179. The van der Waals surface area contributed by atoms with Crippen molar-refractivity contribution in [3.63, 3.8) is 0 Å². The molecule has 1 atom stereocenters. The van der Waals surface area contributed by atoms with Crippen molar-refractivity contribution in [2.24, 2.45) is 0 Å². The number of hydroxylamine groups is 2. The van der Waals surface area contributed by atoms with Crippen LogP contribution in [0.3, 0.4) is 0 Å². The fourth-order valence-corrected chi connectivity index (χ4v) is 1.71. The number of carbonyl (C=O) groups is 3. The third kappa shape index (κ3) is 5.14. The Morgan fingerprint density at radius 3 is 2.45 bits per heavy atom. The van der Waals surface area contributed by atoms with Gasteiger partial charge in [-0.25, -0.2) is 4.79 Å². The summed E-state index contributed by atoms with van der Waals surface area (Å²) in [6.07, 6.45) is -0.916. The first-order valence-corrected chi connectivity index (χ1v) is 6.77. The monoisotopic (exact) mass is 287 g/mol. The van der Waals surface area contributed by atoms with Crippen molar-refractivity contribution in [3.8, 4) is 0 Å². The van der Waals surface area contributed by atoms with Crippen molar-refractivity contribution < 1.29 is 24.0 Å². The van der Waals surface area contributed by atoms with Gasteiger partial charge in [0.1, 0.15) is 0 Å². The summed E-state index contributed by atoms with van der Waals surface area (Å²) in [5.41, 5.74) is 0. The molecule has 20 heavy (non-hydrogen) atoms. The van der Waals surface area contributed by atoms with E-state index in [4.69, 9.17) is 4.74 Å². The van der Waals surface area contributed by atoms with E-state index in [1.54, 1.807) is 0 Å². The second-order valence-electron chi connectivity index (χ2n) is 4.23. The van der Waals surface area contributed by atoms with Gasteiger partial charge >= 0.3 is 6.16 Å². The number of imide groups is 1. The van der Waals surface area contributed by atoms with Crippen LogP contribution in [-0.2, 0) is 19.2 Å². The number of rotatable bonds is 8. The number of amides is 2. The maximum atomic E-state index is 11.6. The summed E-state index contributed by atoms with van der Waals surface area (Å²) in [6.45, 7) is 5.96. The largest absolute Gasteiger partial charge is 0.535 e. The van der Waals surface area contributed by atoms with E-state index in [0.29, 0.717) is 24.6 Å². The van der Waals surface area contributed by atoms with Gasteiger partial charge in [-0.1, -0.05) is 18.9 Å². The molecule has 0 saturated carbocycles. The van der Waals surface area contributed by atoms with Crippen molar-refractivity contribution in [3.05, 3.63) is 0 Å². The van der Waals surface area contributed by atoms with Gasteiger partial charge in [0.2, 0.25) is 0 Å². The van der Waals surface area contributed by atoms with Crippen LogP contribution in [0.1, 0.15) is 33.1 Å². The molecule has 114 valence electrons. The molecular weight excluding hydrogens is 266 g/mol. The van der Waals surface area contributed by atoms with Crippen LogP contribution in [-0.4, -0.2) is 48.9 Å². The average Bonchev–Trinajstić information content (AvgIpc) is 2.71. The zero-order valence-corrected chi connectivity index (χ0v) is 11.8. The van der Waals surface area contributed by atoms with Crippen molar-refractivity contribution in [2.45, 2.75) is 39.3 Å². The SMILES string of the molecule is CCNCCC(NCC)OC(=O)ON1C(=O)CCC1=O. The van der Waals surface area contributed by atoms with Crippen LogP contribution in [0.4, 0.5) is 4.79 Å². The molecular formula is C12H21N3O5. The molecule has 1 aliphatic rings. The van der Waals surface area contributed by atoms with Crippen LogP contribution < -0.4 is 10.6 Å². The Labute approximate surface area is 117 Å². The minimum Gasteiger partial charge on any atom is -0.414 e. The molecule has 2 N–H and O–H groups in total. The molecule has 1 aliphatic heterocycles. The van der Waals surface area contributed by atoms with E-state index in [-0.39, 0.29) is 12.8 Å². The maximum absolute atomic E-state index is 11.6. The van der Waals surface area contributed by atoms with Gasteiger partial charge in [0, 0.05) is 19.3 Å². The molecule has 1 unspecified atom stereocenters. The Morgan fingerprint density at radius 1 is 1.25 bits per heavy atom. The van der Waals surface area contributed by atoms with Crippen molar-refractivity contribution in [2.75, 3.05) is 19.6 Å². The lowest BCUT2D eigenvalue weighted by Gasteiger charge is -2.19. The van der Waals surface area contributed by atoms with Crippen LogP contribution in [0.15, 0.2) is 0 Å². The Bertz CT molecular complexity index is 345. The van der Waals surface area contributed by atoms with E-state index in [0.717, 1.165) is 6.54 Å². The topological polar surface area (TPSA) is 97.0 Å². The summed E-state index contributed by atoms with van der Waals surface area (Å²) in [7, 11) is 0. The normalized spacial score (nSPS) is 16.4. The third-order valence-corrected chi connectivity index (χ3v) is 2.68. The molecule has 1 saturated heterocycles. The highest BCUT2D eigenvalue weighted by Gasteiger charge is 2.33. The Kier molecular flexibility index (Phi) is 6.96. The first-order chi connectivity index (χ1) is 9.58. The second kappa shape index (κ2) is 8.49. The highest BCUT2D eigenvalue weighted by molar-refractivity contribution is 6.01. The molecule has 0 aliphatic carbocycles. The summed E-state index contributed by atoms with van der Waals surface area (Å²) >= 11 is 0. The zero-order valence-electron chi connectivity index (χ0n) is 11.8. The van der Waals surface area contributed by atoms with Gasteiger partial charge in [0.25, 0.3) is 11.8 Å². The summed E-state index contributed by atoms with van der Waals surface area (Å²) in [4.78, 5) is 38.8. The predicted molar refractivity (Wildman–Crippen MR) is 69.3 cm³/mol. The second-order valence-corrected chi connectivity index (χ2v) is 4.23. The van der Waals surface area contributed by atoms with Crippen molar-refractivity contribution >= 4 is 18.0 Å². The summed E-state index contributed by atoms with van der Waals surface area (Å²) in [6, 6.07) is 0. The van der Waals surface area contributed by atoms with E-state index >= 15 is 0 Å². The van der Waals surface area contributed by atoms with Crippen LogP contribution in [0.25, 0.3) is 0 Å². The van der Waals surface area contributed by atoms with Gasteiger partial charge in [0.05, 0.1) is 0 Å². The Hall–Kier alpha value is -1.67. The van der Waals surface area contributed by atoms with Crippen molar-refractivity contribution in [1.82, 2.24) is 15.7 Å². The quantitative estimate of drug-likeness (QED) is 0.283. The number of nitrogens with zero attached hydrogens (tertiary/aromatic N) is 1. The average molecular weight is 287 g/mol. The first kappa shape index (κ1) is 16.4. The molecule has 1 heterocycles. The van der Waals surface area contributed by atoms with Crippen LogP contribution in [0.5, 0.6) is 0 Å². The molecule has 0 radical (unpaired) electrons. The minimum atomic E-state index is -1.06. The molecule has 0 bridgehead atoms. The number of hydrogen-bond acceptors (Lipinski definition) is 7. The van der Waals surface area contributed by atoms with E-state index in [2.05, 4.69) is 15.5 Å². The lowest BCUT2D eigenvalue weighted by Crippen LogP contribution is -2.39. The maximum Gasteiger partial charge on any atom is 0.535 e. The molecule has 2 amide bonds. The Morgan fingerprint density at radius 2 is 1.90 bits per heavy atom. The summed E-state index contributed by atoms with van der Waals surface area (Å²) < 4.78 is 5.04. The molecule has 0 aromatic carbocycles. The van der Waals surface area contributed by atoms with E-state index in [1.165, 1.54) is 0 Å². The molecule has 0 aromatic rings. The molecule has 0 aromatic heterocycles. The first-order valence-electron chi connectivity index (χ1n) is 6.77. The zero-order chi connectivity index (χ0) is 15.0. The minimum absolute atomic E-state index is 0.0587. The predicted octanol–water partition coefficient (Wildman–Crippen LogP) is 0.139. The molecule has 1 fully saturated rings.